The molecule has 2 heterocycles. The van der Waals surface area contributed by atoms with E-state index in [1.165, 1.54) is 14.2 Å². The van der Waals surface area contributed by atoms with Crippen LogP contribution in [0.15, 0.2) is 49.1 Å². The standard InChI is InChI=1S/C23H22N6O3/c1-4-25-23(30)22-20(31-2)10-17(11-21(22)32-3)29-14-26-18-9-15(5-6-19(18)29)16-12-27-28(13-16)8-7-24/h5-6,9-14H,4,8H2,1-3H3,(H,25,30). The number of rotatable bonds is 7. The zero-order chi connectivity index (χ0) is 22.7. The van der Waals surface area contributed by atoms with Gasteiger partial charge in [-0.25, -0.2) is 4.98 Å². The van der Waals surface area contributed by atoms with E-state index in [9.17, 15) is 4.79 Å². The molecule has 0 aliphatic carbocycles. The fraction of sp³-hybridized carbons (Fsp3) is 0.217. The van der Waals surface area contributed by atoms with Crippen molar-refractivity contribution in [2.75, 3.05) is 20.8 Å². The number of nitriles is 1. The summed E-state index contributed by atoms with van der Waals surface area (Å²) < 4.78 is 14.5. The van der Waals surface area contributed by atoms with Crippen molar-refractivity contribution in [1.82, 2.24) is 24.6 Å². The van der Waals surface area contributed by atoms with Crippen molar-refractivity contribution in [2.24, 2.45) is 0 Å². The number of methoxy groups -OCH3 is 2. The van der Waals surface area contributed by atoms with E-state index in [1.807, 2.05) is 35.9 Å². The van der Waals surface area contributed by atoms with Gasteiger partial charge in [-0.2, -0.15) is 10.4 Å². The van der Waals surface area contributed by atoms with E-state index < -0.39 is 0 Å². The molecule has 0 bridgehead atoms. The molecule has 32 heavy (non-hydrogen) atoms. The van der Waals surface area contributed by atoms with Crippen LogP contribution in [0.4, 0.5) is 0 Å². The molecule has 0 unspecified atom stereocenters. The van der Waals surface area contributed by atoms with E-state index in [0.29, 0.717) is 23.6 Å². The molecule has 0 saturated carbocycles. The highest BCUT2D eigenvalue weighted by Gasteiger charge is 2.20. The summed E-state index contributed by atoms with van der Waals surface area (Å²) >= 11 is 0. The van der Waals surface area contributed by atoms with Crippen molar-refractivity contribution in [3.8, 4) is 34.4 Å². The van der Waals surface area contributed by atoms with Crippen LogP contribution in [0.25, 0.3) is 27.8 Å². The van der Waals surface area contributed by atoms with E-state index in [1.54, 1.807) is 29.3 Å². The van der Waals surface area contributed by atoms with Gasteiger partial charge in [0.2, 0.25) is 0 Å². The minimum absolute atomic E-state index is 0.201. The number of carbonyl (C=O) groups is 1. The third-order valence-corrected chi connectivity index (χ3v) is 5.08. The van der Waals surface area contributed by atoms with Gasteiger partial charge in [0.15, 0.2) is 0 Å². The highest BCUT2D eigenvalue weighted by atomic mass is 16.5. The summed E-state index contributed by atoms with van der Waals surface area (Å²) in [5.74, 6) is 0.562. The number of carbonyl (C=O) groups excluding carboxylic acids is 1. The van der Waals surface area contributed by atoms with Crippen LogP contribution in [0, 0.1) is 11.3 Å². The lowest BCUT2D eigenvalue weighted by Gasteiger charge is -2.15. The van der Waals surface area contributed by atoms with Gasteiger partial charge in [-0.15, -0.1) is 0 Å². The largest absolute Gasteiger partial charge is 0.496 e. The van der Waals surface area contributed by atoms with Crippen LogP contribution in [0.5, 0.6) is 11.5 Å². The summed E-state index contributed by atoms with van der Waals surface area (Å²) in [5.41, 5.74) is 4.64. The molecule has 9 nitrogen and oxygen atoms in total. The fourth-order valence-corrected chi connectivity index (χ4v) is 3.58. The van der Waals surface area contributed by atoms with Crippen molar-refractivity contribution in [3.05, 3.63) is 54.6 Å². The SMILES string of the molecule is CCNC(=O)c1c(OC)cc(-n2cnc3cc(-c4cnn(CC#N)c4)ccc32)cc1OC. The number of hydrogen-bond acceptors (Lipinski definition) is 6. The molecule has 162 valence electrons. The number of ether oxygens (including phenoxy) is 2. The second-order valence-corrected chi connectivity index (χ2v) is 6.99. The number of hydrogen-bond donors (Lipinski definition) is 1. The van der Waals surface area contributed by atoms with Crippen LogP contribution >= 0.6 is 0 Å². The maximum absolute atomic E-state index is 12.5. The van der Waals surface area contributed by atoms with Crippen LogP contribution in [0.2, 0.25) is 0 Å². The summed E-state index contributed by atoms with van der Waals surface area (Å²) in [6.45, 7) is 2.55. The van der Waals surface area contributed by atoms with Gasteiger partial charge in [0.1, 0.15) is 29.9 Å². The monoisotopic (exact) mass is 430 g/mol. The second-order valence-electron chi connectivity index (χ2n) is 6.99. The molecular weight excluding hydrogens is 408 g/mol. The average Bonchev–Trinajstić information content (AvgIpc) is 3.45. The summed E-state index contributed by atoms with van der Waals surface area (Å²) in [6.07, 6.45) is 5.27. The number of aromatic nitrogens is 4. The average molecular weight is 430 g/mol. The first-order chi connectivity index (χ1) is 15.6. The highest BCUT2D eigenvalue weighted by Crippen LogP contribution is 2.34. The molecular formula is C23H22N6O3. The van der Waals surface area contributed by atoms with Gasteiger partial charge < -0.3 is 14.8 Å². The molecule has 2 aromatic heterocycles. The van der Waals surface area contributed by atoms with E-state index >= 15 is 0 Å². The molecule has 0 aliphatic rings. The number of nitrogens with one attached hydrogen (secondary N) is 1. The molecule has 0 aliphatic heterocycles. The number of imidazole rings is 1. The molecule has 4 aromatic rings. The van der Waals surface area contributed by atoms with Gasteiger partial charge in [0.25, 0.3) is 5.91 Å². The van der Waals surface area contributed by atoms with Crippen molar-refractivity contribution in [3.63, 3.8) is 0 Å². The van der Waals surface area contributed by atoms with Crippen LogP contribution in [-0.2, 0) is 6.54 Å². The third-order valence-electron chi connectivity index (χ3n) is 5.08. The minimum Gasteiger partial charge on any atom is -0.496 e. The molecule has 0 saturated heterocycles. The molecule has 4 rings (SSSR count). The molecule has 1 N–H and O–H groups in total. The van der Waals surface area contributed by atoms with E-state index in [4.69, 9.17) is 14.7 Å². The quantitative estimate of drug-likeness (QED) is 0.483. The molecule has 0 spiro atoms. The summed E-state index contributed by atoms with van der Waals surface area (Å²) in [4.78, 5) is 17.1. The summed E-state index contributed by atoms with van der Waals surface area (Å²) in [5, 5.41) is 15.8. The fourth-order valence-electron chi connectivity index (χ4n) is 3.58. The first-order valence-corrected chi connectivity index (χ1v) is 10.0. The first-order valence-electron chi connectivity index (χ1n) is 10.0. The van der Waals surface area contributed by atoms with Crippen LogP contribution in [0.1, 0.15) is 17.3 Å². The normalized spacial score (nSPS) is 10.7. The van der Waals surface area contributed by atoms with E-state index in [2.05, 4.69) is 21.5 Å². The van der Waals surface area contributed by atoms with Crippen LogP contribution < -0.4 is 14.8 Å². The molecule has 2 aromatic carbocycles. The van der Waals surface area contributed by atoms with Gasteiger partial charge >= 0.3 is 0 Å². The zero-order valence-electron chi connectivity index (χ0n) is 18.0. The lowest BCUT2D eigenvalue weighted by Crippen LogP contribution is -2.24. The number of benzene rings is 2. The Morgan fingerprint density at radius 1 is 1.16 bits per heavy atom. The molecule has 9 heteroatoms. The Labute approximate surface area is 184 Å². The van der Waals surface area contributed by atoms with E-state index in [-0.39, 0.29) is 12.5 Å². The van der Waals surface area contributed by atoms with Gasteiger partial charge in [0, 0.05) is 30.4 Å². The van der Waals surface area contributed by atoms with Crippen LogP contribution in [0.3, 0.4) is 0 Å². The molecule has 0 fully saturated rings. The lowest BCUT2D eigenvalue weighted by molar-refractivity contribution is 0.0949. The van der Waals surface area contributed by atoms with Crippen LogP contribution in [-0.4, -0.2) is 46.0 Å². The second kappa shape index (κ2) is 8.81. The van der Waals surface area contributed by atoms with Gasteiger partial charge in [0.05, 0.1) is 43.2 Å². The van der Waals surface area contributed by atoms with Gasteiger partial charge in [-0.05, 0) is 24.6 Å². The van der Waals surface area contributed by atoms with E-state index in [0.717, 1.165) is 27.8 Å². The molecule has 1 amide bonds. The van der Waals surface area contributed by atoms with Crippen molar-refractivity contribution >= 4 is 16.9 Å². The predicted molar refractivity (Wildman–Crippen MR) is 119 cm³/mol. The Morgan fingerprint density at radius 2 is 1.91 bits per heavy atom. The zero-order valence-corrected chi connectivity index (χ0v) is 18.0. The maximum atomic E-state index is 12.5. The number of amides is 1. The third kappa shape index (κ3) is 3.74. The van der Waals surface area contributed by atoms with Crippen molar-refractivity contribution < 1.29 is 14.3 Å². The Bertz CT molecular complexity index is 1310. The Morgan fingerprint density at radius 3 is 2.56 bits per heavy atom. The molecule has 0 radical (unpaired) electrons. The van der Waals surface area contributed by atoms with Crippen molar-refractivity contribution in [1.29, 1.82) is 5.26 Å². The topological polar surface area (TPSA) is 107 Å². The van der Waals surface area contributed by atoms with Gasteiger partial charge in [-0.1, -0.05) is 6.07 Å². The van der Waals surface area contributed by atoms with Gasteiger partial charge in [-0.3, -0.25) is 14.0 Å². The first kappa shape index (κ1) is 20.9. The highest BCUT2D eigenvalue weighted by molar-refractivity contribution is 6.00. The predicted octanol–water partition coefficient (Wildman–Crippen LogP) is 3.18. The minimum atomic E-state index is -0.259. The molecule has 0 atom stereocenters. The number of nitrogens with zero attached hydrogens (tertiary/aromatic N) is 5. The maximum Gasteiger partial charge on any atom is 0.258 e. The Kier molecular flexibility index (Phi) is 5.77. The number of fused-ring (bicyclic) bond motifs is 1. The smallest absolute Gasteiger partial charge is 0.258 e. The van der Waals surface area contributed by atoms with Crippen molar-refractivity contribution in [2.45, 2.75) is 13.5 Å². The lowest BCUT2D eigenvalue weighted by atomic mass is 10.1. The summed E-state index contributed by atoms with van der Waals surface area (Å²) in [6, 6.07) is 11.6. The summed E-state index contributed by atoms with van der Waals surface area (Å²) in [7, 11) is 3.04. The Balaban J connectivity index is 1.76. The Hall–Kier alpha value is -4.32.